The Morgan fingerprint density at radius 3 is 2.38 bits per heavy atom. The number of thioether (sulfide) groups is 1. The predicted molar refractivity (Wildman–Crippen MR) is 143 cm³/mol. The number of benzene rings is 2. The molecule has 1 aliphatic rings. The van der Waals surface area contributed by atoms with Crippen molar-refractivity contribution in [3.63, 3.8) is 0 Å². The molecule has 0 spiro atoms. The number of imide groups is 1. The molecular formula is C28H28N4O4S. The van der Waals surface area contributed by atoms with Gasteiger partial charge >= 0.3 is 5.97 Å². The summed E-state index contributed by atoms with van der Waals surface area (Å²) >= 11 is 1.02. The van der Waals surface area contributed by atoms with Crippen LogP contribution in [0.3, 0.4) is 0 Å². The number of hydrogen-bond donors (Lipinski definition) is 1. The summed E-state index contributed by atoms with van der Waals surface area (Å²) in [4.78, 5) is 50.4. The van der Waals surface area contributed by atoms with Gasteiger partial charge in [0.05, 0.1) is 17.9 Å². The topological polar surface area (TPSA) is 101 Å². The van der Waals surface area contributed by atoms with Crippen LogP contribution in [0.2, 0.25) is 0 Å². The molecule has 1 aliphatic heterocycles. The van der Waals surface area contributed by atoms with Crippen molar-refractivity contribution in [1.29, 1.82) is 0 Å². The summed E-state index contributed by atoms with van der Waals surface area (Å²) in [5.41, 5.74) is 4.50. The number of rotatable bonds is 8. The molecule has 2 heterocycles. The van der Waals surface area contributed by atoms with Gasteiger partial charge in [-0.05, 0) is 81.3 Å². The number of para-hydroxylation sites is 1. The lowest BCUT2D eigenvalue weighted by Crippen LogP contribution is -2.34. The Morgan fingerprint density at radius 2 is 1.68 bits per heavy atom. The third kappa shape index (κ3) is 5.56. The average molecular weight is 517 g/mol. The fourth-order valence-corrected chi connectivity index (χ4v) is 4.86. The zero-order valence-electron chi connectivity index (χ0n) is 21.4. The predicted octanol–water partition coefficient (Wildman–Crippen LogP) is 5.27. The van der Waals surface area contributed by atoms with Crippen molar-refractivity contribution in [2.24, 2.45) is 0 Å². The lowest BCUT2D eigenvalue weighted by molar-refractivity contribution is -0.120. The molecule has 0 radical (unpaired) electrons. The van der Waals surface area contributed by atoms with Crippen LogP contribution in [0.25, 0.3) is 0 Å². The molecule has 0 atom stereocenters. The summed E-state index contributed by atoms with van der Waals surface area (Å²) in [5.74, 6) is -1.74. The summed E-state index contributed by atoms with van der Waals surface area (Å²) in [6.07, 6.45) is 0.650. The fraction of sp³-hybridized carbons (Fsp3) is 0.250. The van der Waals surface area contributed by atoms with Crippen LogP contribution in [-0.4, -0.2) is 34.4 Å². The number of amides is 2. The molecule has 2 amide bonds. The van der Waals surface area contributed by atoms with Crippen molar-refractivity contribution in [3.8, 4) is 0 Å². The van der Waals surface area contributed by atoms with Crippen molar-refractivity contribution < 1.29 is 19.1 Å². The highest BCUT2D eigenvalue weighted by Crippen LogP contribution is 2.38. The van der Waals surface area contributed by atoms with Crippen molar-refractivity contribution in [3.05, 3.63) is 87.2 Å². The molecule has 0 bridgehead atoms. The van der Waals surface area contributed by atoms with E-state index < -0.39 is 17.8 Å². The SMILES string of the molecule is CCCOC(=O)c1ccccc1N1C(=O)C(Nc2cc(C)ccc2C)=C(Sc2nc(C)cc(C)n2)C1=O. The number of nitrogens with one attached hydrogen (secondary N) is 1. The molecule has 3 aromatic rings. The molecule has 0 saturated carbocycles. The molecule has 0 aliphatic carbocycles. The van der Waals surface area contributed by atoms with Gasteiger partial charge in [-0.3, -0.25) is 9.59 Å². The first-order valence-corrected chi connectivity index (χ1v) is 12.7. The van der Waals surface area contributed by atoms with E-state index >= 15 is 0 Å². The van der Waals surface area contributed by atoms with E-state index in [0.29, 0.717) is 17.3 Å². The first-order chi connectivity index (χ1) is 17.7. The van der Waals surface area contributed by atoms with Crippen LogP contribution in [0.15, 0.2) is 64.3 Å². The van der Waals surface area contributed by atoms with Gasteiger partial charge in [-0.2, -0.15) is 0 Å². The van der Waals surface area contributed by atoms with E-state index in [0.717, 1.165) is 39.2 Å². The van der Waals surface area contributed by atoms with Crippen molar-refractivity contribution in [2.45, 2.75) is 46.2 Å². The summed E-state index contributed by atoms with van der Waals surface area (Å²) in [6.45, 7) is 9.67. The Kier molecular flexibility index (Phi) is 7.73. The van der Waals surface area contributed by atoms with Crippen LogP contribution < -0.4 is 10.2 Å². The van der Waals surface area contributed by atoms with E-state index in [4.69, 9.17) is 4.74 Å². The molecule has 190 valence electrons. The van der Waals surface area contributed by atoms with Crippen LogP contribution in [0, 0.1) is 27.7 Å². The van der Waals surface area contributed by atoms with Crippen molar-refractivity contribution in [2.75, 3.05) is 16.8 Å². The summed E-state index contributed by atoms with van der Waals surface area (Å²) in [6, 6.07) is 14.1. The molecule has 4 rings (SSSR count). The van der Waals surface area contributed by atoms with E-state index in [1.54, 1.807) is 24.3 Å². The third-order valence-electron chi connectivity index (χ3n) is 5.65. The quantitative estimate of drug-likeness (QED) is 0.246. The molecule has 2 aromatic carbocycles. The highest BCUT2D eigenvalue weighted by molar-refractivity contribution is 8.04. The van der Waals surface area contributed by atoms with E-state index in [1.165, 1.54) is 0 Å². The number of ether oxygens (including phenoxy) is 1. The number of esters is 1. The van der Waals surface area contributed by atoms with Gasteiger partial charge in [0.1, 0.15) is 10.6 Å². The van der Waals surface area contributed by atoms with Crippen molar-refractivity contribution in [1.82, 2.24) is 9.97 Å². The number of hydrogen-bond acceptors (Lipinski definition) is 8. The maximum atomic E-state index is 13.8. The Hall–Kier alpha value is -3.98. The van der Waals surface area contributed by atoms with Crippen LogP contribution in [-0.2, 0) is 14.3 Å². The summed E-state index contributed by atoms with van der Waals surface area (Å²) < 4.78 is 5.31. The van der Waals surface area contributed by atoms with Gasteiger partial charge in [-0.25, -0.2) is 19.7 Å². The van der Waals surface area contributed by atoms with Crippen LogP contribution >= 0.6 is 11.8 Å². The fourth-order valence-electron chi connectivity index (χ4n) is 3.88. The zero-order chi connectivity index (χ0) is 26.7. The first kappa shape index (κ1) is 26.1. The van der Waals surface area contributed by atoms with E-state index in [2.05, 4.69) is 15.3 Å². The Bertz CT molecular complexity index is 1410. The minimum Gasteiger partial charge on any atom is -0.462 e. The lowest BCUT2D eigenvalue weighted by Gasteiger charge is -2.18. The monoisotopic (exact) mass is 516 g/mol. The number of aromatic nitrogens is 2. The molecule has 1 aromatic heterocycles. The second-order valence-electron chi connectivity index (χ2n) is 8.78. The van der Waals surface area contributed by atoms with Gasteiger partial charge in [-0.15, -0.1) is 0 Å². The van der Waals surface area contributed by atoms with Crippen LogP contribution in [0.5, 0.6) is 0 Å². The van der Waals surface area contributed by atoms with Gasteiger partial charge in [0.25, 0.3) is 11.8 Å². The summed E-state index contributed by atoms with van der Waals surface area (Å²) in [5, 5.41) is 3.54. The van der Waals surface area contributed by atoms with Gasteiger partial charge in [0, 0.05) is 17.1 Å². The highest BCUT2D eigenvalue weighted by Gasteiger charge is 2.42. The number of nitrogens with zero attached hydrogens (tertiary/aromatic N) is 3. The van der Waals surface area contributed by atoms with Gasteiger partial charge < -0.3 is 10.1 Å². The number of carbonyl (C=O) groups is 3. The maximum Gasteiger partial charge on any atom is 0.340 e. The zero-order valence-corrected chi connectivity index (χ0v) is 22.2. The summed E-state index contributed by atoms with van der Waals surface area (Å²) in [7, 11) is 0. The Labute approximate surface area is 220 Å². The number of aryl methyl sites for hydroxylation is 4. The molecule has 9 heteroatoms. The number of carbonyl (C=O) groups excluding carboxylic acids is 3. The lowest BCUT2D eigenvalue weighted by atomic mass is 10.1. The van der Waals surface area contributed by atoms with E-state index in [1.807, 2.05) is 58.9 Å². The van der Waals surface area contributed by atoms with E-state index in [9.17, 15) is 14.4 Å². The molecule has 1 N–H and O–H groups in total. The second kappa shape index (κ2) is 11.0. The standard InChI is InChI=1S/C28H28N4O4S/c1-6-13-36-27(35)20-9-7-8-10-22(20)32-25(33)23(31-21-14-16(2)11-12-17(21)3)24(26(32)34)37-28-29-18(4)15-19(5)30-28/h7-12,14-15,31H,6,13H2,1-5H3. The molecule has 0 unspecified atom stereocenters. The average Bonchev–Trinajstić information content (AvgIpc) is 3.08. The maximum absolute atomic E-state index is 13.8. The Balaban J connectivity index is 1.80. The van der Waals surface area contributed by atoms with Gasteiger partial charge in [-0.1, -0.05) is 31.2 Å². The molecule has 37 heavy (non-hydrogen) atoms. The van der Waals surface area contributed by atoms with Gasteiger partial charge in [0.15, 0.2) is 5.16 Å². The minimum atomic E-state index is -0.596. The van der Waals surface area contributed by atoms with Gasteiger partial charge in [0.2, 0.25) is 0 Å². The normalized spacial score (nSPS) is 13.4. The largest absolute Gasteiger partial charge is 0.462 e. The molecule has 8 nitrogen and oxygen atoms in total. The van der Waals surface area contributed by atoms with Crippen LogP contribution in [0.1, 0.15) is 46.2 Å². The van der Waals surface area contributed by atoms with Crippen molar-refractivity contribution >= 4 is 40.9 Å². The van der Waals surface area contributed by atoms with E-state index in [-0.39, 0.29) is 28.5 Å². The second-order valence-corrected chi connectivity index (χ2v) is 9.76. The highest BCUT2D eigenvalue weighted by atomic mass is 32.2. The Morgan fingerprint density at radius 1 is 0.973 bits per heavy atom. The first-order valence-electron chi connectivity index (χ1n) is 11.9. The minimum absolute atomic E-state index is 0.100. The number of anilines is 2. The molecule has 0 saturated heterocycles. The third-order valence-corrected chi connectivity index (χ3v) is 6.60. The molecular weight excluding hydrogens is 488 g/mol. The smallest absolute Gasteiger partial charge is 0.340 e. The molecule has 0 fully saturated rings. The van der Waals surface area contributed by atoms with Crippen LogP contribution in [0.4, 0.5) is 11.4 Å².